The lowest BCUT2D eigenvalue weighted by molar-refractivity contribution is -0.124. The monoisotopic (exact) mass is 246 g/mol. The second-order valence-electron chi connectivity index (χ2n) is 5.04. The molecule has 0 aromatic carbocycles. The number of hydrogen-bond donors (Lipinski definition) is 2. The zero-order chi connectivity index (χ0) is 11.8. The van der Waals surface area contributed by atoms with E-state index < -0.39 is 15.4 Å². The summed E-state index contributed by atoms with van der Waals surface area (Å²) in [6.07, 6.45) is 2.37. The van der Waals surface area contributed by atoms with E-state index in [1.165, 1.54) is 0 Å². The van der Waals surface area contributed by atoms with E-state index in [-0.39, 0.29) is 23.5 Å². The topological polar surface area (TPSA) is 75.3 Å². The second-order valence-corrected chi connectivity index (χ2v) is 7.22. The number of carbonyl (C=O) groups is 1. The molecule has 0 aromatic heterocycles. The summed E-state index contributed by atoms with van der Waals surface area (Å²) >= 11 is 0. The maximum absolute atomic E-state index is 11.8. The maximum atomic E-state index is 11.8. The first-order valence-electron chi connectivity index (χ1n) is 5.66. The highest BCUT2D eigenvalue weighted by Gasteiger charge is 2.40. The molecular formula is C10H18N2O3S. The van der Waals surface area contributed by atoms with Gasteiger partial charge in [-0.2, -0.15) is 0 Å². The molecule has 2 N–H and O–H groups in total. The smallest absolute Gasteiger partial charge is 0.237 e. The second kappa shape index (κ2) is 4.00. The molecule has 5 nitrogen and oxygen atoms in total. The predicted molar refractivity (Wildman–Crippen MR) is 60.8 cm³/mol. The zero-order valence-electron chi connectivity index (χ0n) is 9.45. The number of sulfone groups is 1. The highest BCUT2D eigenvalue weighted by molar-refractivity contribution is 7.91. The molecular weight excluding hydrogens is 228 g/mol. The predicted octanol–water partition coefficient (Wildman–Crippen LogP) is -0.568. The molecule has 6 heteroatoms. The highest BCUT2D eigenvalue weighted by atomic mass is 32.2. The van der Waals surface area contributed by atoms with Crippen LogP contribution in [0.4, 0.5) is 0 Å². The Morgan fingerprint density at radius 1 is 1.50 bits per heavy atom. The first-order chi connectivity index (χ1) is 7.40. The lowest BCUT2D eigenvalue weighted by Crippen LogP contribution is -2.52. The minimum atomic E-state index is -2.96. The third-order valence-electron chi connectivity index (χ3n) is 3.31. The molecule has 0 aromatic rings. The Morgan fingerprint density at radius 2 is 2.25 bits per heavy atom. The van der Waals surface area contributed by atoms with Crippen molar-refractivity contribution >= 4 is 15.7 Å². The molecule has 0 spiro atoms. The van der Waals surface area contributed by atoms with Gasteiger partial charge in [0.1, 0.15) is 0 Å². The molecule has 0 saturated carbocycles. The van der Waals surface area contributed by atoms with Crippen molar-refractivity contribution in [2.75, 3.05) is 18.1 Å². The van der Waals surface area contributed by atoms with Crippen molar-refractivity contribution < 1.29 is 13.2 Å². The van der Waals surface area contributed by atoms with Crippen molar-refractivity contribution in [1.82, 2.24) is 10.6 Å². The van der Waals surface area contributed by atoms with Gasteiger partial charge in [-0.15, -0.1) is 0 Å². The van der Waals surface area contributed by atoms with E-state index in [4.69, 9.17) is 0 Å². The molecule has 2 atom stereocenters. The number of carbonyl (C=O) groups excluding carboxylic acids is 1. The van der Waals surface area contributed by atoms with Gasteiger partial charge in [0.15, 0.2) is 9.84 Å². The average molecular weight is 246 g/mol. The largest absolute Gasteiger partial charge is 0.349 e. The van der Waals surface area contributed by atoms with E-state index in [1.807, 2.05) is 6.92 Å². The Balaban J connectivity index is 1.96. The van der Waals surface area contributed by atoms with Crippen LogP contribution in [0, 0.1) is 0 Å². The van der Waals surface area contributed by atoms with Crippen LogP contribution >= 0.6 is 0 Å². The van der Waals surface area contributed by atoms with E-state index in [9.17, 15) is 13.2 Å². The van der Waals surface area contributed by atoms with Crippen LogP contribution in [0.15, 0.2) is 0 Å². The zero-order valence-corrected chi connectivity index (χ0v) is 10.3. The molecule has 0 radical (unpaired) electrons. The summed E-state index contributed by atoms with van der Waals surface area (Å²) in [5.74, 6) is 0.192. The third-order valence-corrected chi connectivity index (χ3v) is 5.21. The van der Waals surface area contributed by atoms with Crippen LogP contribution in [0.5, 0.6) is 0 Å². The van der Waals surface area contributed by atoms with Crippen molar-refractivity contribution in [1.29, 1.82) is 0 Å². The summed E-state index contributed by atoms with van der Waals surface area (Å²) in [5.41, 5.74) is -0.569. The van der Waals surface area contributed by atoms with Crippen LogP contribution in [0.1, 0.15) is 26.2 Å². The fourth-order valence-electron chi connectivity index (χ4n) is 2.40. The highest BCUT2D eigenvalue weighted by Crippen LogP contribution is 2.23. The summed E-state index contributed by atoms with van der Waals surface area (Å²) in [4.78, 5) is 11.8. The minimum Gasteiger partial charge on any atom is -0.349 e. The van der Waals surface area contributed by atoms with E-state index in [0.29, 0.717) is 6.42 Å². The lowest BCUT2D eigenvalue weighted by Gasteiger charge is -2.25. The van der Waals surface area contributed by atoms with Gasteiger partial charge in [0, 0.05) is 0 Å². The summed E-state index contributed by atoms with van der Waals surface area (Å²) in [6.45, 7) is 2.68. The maximum Gasteiger partial charge on any atom is 0.237 e. The lowest BCUT2D eigenvalue weighted by atomic mass is 10.0. The van der Waals surface area contributed by atoms with Crippen LogP contribution < -0.4 is 10.6 Å². The molecule has 2 aliphatic heterocycles. The van der Waals surface area contributed by atoms with E-state index in [1.54, 1.807) is 0 Å². The van der Waals surface area contributed by atoms with Gasteiger partial charge in [-0.3, -0.25) is 4.79 Å². The molecule has 0 bridgehead atoms. The van der Waals surface area contributed by atoms with Gasteiger partial charge in [-0.05, 0) is 32.7 Å². The quantitative estimate of drug-likeness (QED) is 0.684. The fourth-order valence-corrected chi connectivity index (χ4v) is 4.50. The van der Waals surface area contributed by atoms with E-state index in [2.05, 4.69) is 10.6 Å². The van der Waals surface area contributed by atoms with Crippen molar-refractivity contribution in [2.45, 2.75) is 37.8 Å². The van der Waals surface area contributed by atoms with Crippen molar-refractivity contribution in [3.8, 4) is 0 Å². The van der Waals surface area contributed by atoms with Crippen LogP contribution in [-0.2, 0) is 14.6 Å². The van der Waals surface area contributed by atoms with Crippen molar-refractivity contribution in [3.05, 3.63) is 0 Å². The molecule has 2 saturated heterocycles. The number of amides is 1. The SMILES string of the molecule is CC1(NC(=O)C2CCCN2)CCS(=O)(=O)C1. The Morgan fingerprint density at radius 3 is 2.75 bits per heavy atom. The molecule has 92 valence electrons. The Hall–Kier alpha value is -0.620. The third kappa shape index (κ3) is 2.55. The van der Waals surface area contributed by atoms with Crippen LogP contribution in [-0.4, -0.2) is 44.0 Å². The molecule has 2 unspecified atom stereocenters. The Bertz CT molecular complexity index is 387. The number of hydrogen-bond acceptors (Lipinski definition) is 4. The van der Waals surface area contributed by atoms with Gasteiger partial charge < -0.3 is 10.6 Å². The molecule has 0 aliphatic carbocycles. The number of rotatable bonds is 2. The van der Waals surface area contributed by atoms with Gasteiger partial charge >= 0.3 is 0 Å². The molecule has 2 heterocycles. The van der Waals surface area contributed by atoms with Crippen LogP contribution in [0.25, 0.3) is 0 Å². The van der Waals surface area contributed by atoms with Gasteiger partial charge in [0.05, 0.1) is 23.1 Å². The molecule has 2 aliphatic rings. The van der Waals surface area contributed by atoms with Crippen molar-refractivity contribution in [3.63, 3.8) is 0 Å². The van der Waals surface area contributed by atoms with Gasteiger partial charge in [0.2, 0.25) is 5.91 Å². The minimum absolute atomic E-state index is 0.0582. The molecule has 2 fully saturated rings. The summed E-state index contributed by atoms with van der Waals surface area (Å²) in [5, 5.41) is 5.98. The fraction of sp³-hybridized carbons (Fsp3) is 0.900. The Kier molecular flexibility index (Phi) is 2.96. The summed E-state index contributed by atoms with van der Waals surface area (Å²) < 4.78 is 22.8. The normalized spacial score (nSPS) is 37.4. The molecule has 2 rings (SSSR count). The van der Waals surface area contributed by atoms with Crippen molar-refractivity contribution in [2.24, 2.45) is 0 Å². The van der Waals surface area contributed by atoms with Gasteiger partial charge in [-0.1, -0.05) is 0 Å². The van der Waals surface area contributed by atoms with Crippen LogP contribution in [0.2, 0.25) is 0 Å². The standard InChI is InChI=1S/C10H18N2O3S/c1-10(4-6-16(14,15)7-10)12-9(13)8-3-2-5-11-8/h8,11H,2-7H2,1H3,(H,12,13). The van der Waals surface area contributed by atoms with Gasteiger partial charge in [-0.25, -0.2) is 8.42 Å². The first-order valence-corrected chi connectivity index (χ1v) is 7.48. The summed E-state index contributed by atoms with van der Waals surface area (Å²) in [6, 6.07) is -0.139. The van der Waals surface area contributed by atoms with E-state index in [0.717, 1.165) is 19.4 Å². The average Bonchev–Trinajstić information content (AvgIpc) is 2.73. The first kappa shape index (κ1) is 11.9. The number of nitrogens with one attached hydrogen (secondary N) is 2. The van der Waals surface area contributed by atoms with Gasteiger partial charge in [0.25, 0.3) is 0 Å². The molecule has 1 amide bonds. The molecule has 16 heavy (non-hydrogen) atoms. The van der Waals surface area contributed by atoms with E-state index >= 15 is 0 Å². The Labute approximate surface area is 95.9 Å². The van der Waals surface area contributed by atoms with Crippen LogP contribution in [0.3, 0.4) is 0 Å². The summed E-state index contributed by atoms with van der Waals surface area (Å²) in [7, 11) is -2.96.